The minimum Gasteiger partial charge on any atom is -0.493 e. The maximum Gasteiger partial charge on any atom is 0.274 e. The third kappa shape index (κ3) is 3.82. The van der Waals surface area contributed by atoms with Crippen molar-refractivity contribution in [3.05, 3.63) is 40.3 Å². The number of carbonyl (C=O) groups excluding carboxylic acids is 1. The quantitative estimate of drug-likeness (QED) is 0.801. The Labute approximate surface area is 146 Å². The summed E-state index contributed by atoms with van der Waals surface area (Å²) >= 11 is 0. The zero-order valence-electron chi connectivity index (χ0n) is 14.4. The molecule has 1 saturated heterocycles. The summed E-state index contributed by atoms with van der Waals surface area (Å²) in [5, 5.41) is 12.7. The molecule has 1 aliphatic heterocycles. The molecule has 0 aromatic carbocycles. The maximum absolute atomic E-state index is 12.4. The van der Waals surface area contributed by atoms with Crippen LogP contribution >= 0.6 is 0 Å². The van der Waals surface area contributed by atoms with Gasteiger partial charge in [0.1, 0.15) is 5.65 Å². The van der Waals surface area contributed by atoms with Crippen molar-refractivity contribution in [2.45, 2.75) is 38.6 Å². The maximum atomic E-state index is 12.4. The molecular weight excluding hydrogens is 320 g/mol. The van der Waals surface area contributed by atoms with Crippen LogP contribution in [0, 0.1) is 0 Å². The first kappa shape index (κ1) is 17.4. The zero-order chi connectivity index (χ0) is 17.8. The van der Waals surface area contributed by atoms with Gasteiger partial charge in [0, 0.05) is 25.3 Å². The Bertz CT molecular complexity index is 818. The van der Waals surface area contributed by atoms with Crippen LogP contribution in [0.3, 0.4) is 0 Å². The van der Waals surface area contributed by atoms with E-state index in [0.717, 1.165) is 19.5 Å². The average molecular weight is 344 g/mol. The molecule has 0 unspecified atom stereocenters. The van der Waals surface area contributed by atoms with Crippen LogP contribution in [0.2, 0.25) is 0 Å². The van der Waals surface area contributed by atoms with Crippen LogP contribution in [0.5, 0.6) is 5.88 Å². The molecule has 134 valence electrons. The molecule has 0 aliphatic carbocycles. The van der Waals surface area contributed by atoms with Crippen molar-refractivity contribution < 1.29 is 9.90 Å². The second-order valence-electron chi connectivity index (χ2n) is 6.53. The fourth-order valence-corrected chi connectivity index (χ4v) is 3.34. The van der Waals surface area contributed by atoms with Crippen molar-refractivity contribution in [1.82, 2.24) is 19.6 Å². The number of nitrogens with zero attached hydrogens (tertiary/aromatic N) is 3. The number of amides is 1. The van der Waals surface area contributed by atoms with Gasteiger partial charge in [0.2, 0.25) is 5.88 Å². The van der Waals surface area contributed by atoms with Gasteiger partial charge in [-0.25, -0.2) is 0 Å². The summed E-state index contributed by atoms with van der Waals surface area (Å²) in [5.74, 6) is -1.11. The lowest BCUT2D eigenvalue weighted by molar-refractivity contribution is 0.0943. The minimum absolute atomic E-state index is 0.306. The molecule has 0 saturated carbocycles. The molecular formula is C18H24N4O3. The van der Waals surface area contributed by atoms with Gasteiger partial charge in [0.25, 0.3) is 11.5 Å². The van der Waals surface area contributed by atoms with Crippen molar-refractivity contribution in [3.8, 4) is 5.88 Å². The molecule has 7 nitrogen and oxygen atoms in total. The number of rotatable bonds is 5. The van der Waals surface area contributed by atoms with E-state index in [1.165, 1.54) is 29.9 Å². The summed E-state index contributed by atoms with van der Waals surface area (Å²) in [7, 11) is 0. The van der Waals surface area contributed by atoms with Gasteiger partial charge in [-0.2, -0.15) is 4.98 Å². The molecule has 2 N–H and O–H groups in total. The molecule has 0 bridgehead atoms. The Morgan fingerprint density at radius 3 is 3.04 bits per heavy atom. The summed E-state index contributed by atoms with van der Waals surface area (Å²) in [4.78, 5) is 31.1. The molecule has 1 fully saturated rings. The molecule has 2 aromatic rings. The van der Waals surface area contributed by atoms with E-state index in [1.807, 2.05) is 0 Å². The Hall–Kier alpha value is -2.41. The normalized spacial score (nSPS) is 18.4. The van der Waals surface area contributed by atoms with Crippen molar-refractivity contribution >= 4 is 11.6 Å². The molecule has 2 aromatic heterocycles. The summed E-state index contributed by atoms with van der Waals surface area (Å²) in [6.07, 6.45) is 6.06. The van der Waals surface area contributed by atoms with E-state index in [2.05, 4.69) is 22.1 Å². The highest BCUT2D eigenvalue weighted by atomic mass is 16.3. The number of pyridine rings is 1. The SMILES string of the molecule is C[C@@H]1CCCCN1CCCNC(=O)c1c(O)nc2ccccn2c1=O. The second-order valence-corrected chi connectivity index (χ2v) is 6.53. The molecule has 1 amide bonds. The van der Waals surface area contributed by atoms with E-state index in [1.54, 1.807) is 18.2 Å². The van der Waals surface area contributed by atoms with E-state index >= 15 is 0 Å². The second kappa shape index (κ2) is 7.65. The van der Waals surface area contributed by atoms with Gasteiger partial charge in [0.15, 0.2) is 5.56 Å². The predicted octanol–water partition coefficient (Wildman–Crippen LogP) is 1.39. The summed E-state index contributed by atoms with van der Waals surface area (Å²) in [6, 6.07) is 5.57. The molecule has 0 spiro atoms. The topological polar surface area (TPSA) is 86.9 Å². The lowest BCUT2D eigenvalue weighted by Crippen LogP contribution is -2.39. The van der Waals surface area contributed by atoms with Gasteiger partial charge in [-0.05, 0) is 44.9 Å². The molecule has 0 radical (unpaired) electrons. The van der Waals surface area contributed by atoms with Crippen molar-refractivity contribution in [1.29, 1.82) is 0 Å². The fourth-order valence-electron chi connectivity index (χ4n) is 3.34. The van der Waals surface area contributed by atoms with Crippen LogP contribution in [0.25, 0.3) is 5.65 Å². The van der Waals surface area contributed by atoms with Gasteiger partial charge in [-0.15, -0.1) is 0 Å². The molecule has 3 rings (SSSR count). The standard InChI is InChI=1S/C18H24N4O3/c1-13-7-2-4-10-21(13)11-6-9-19-16(23)15-17(24)20-14-8-3-5-12-22(14)18(15)25/h3,5,8,12-13,24H,2,4,6-7,9-11H2,1H3,(H,19,23)/t13-/m1/s1. The van der Waals surface area contributed by atoms with Crippen molar-refractivity contribution in [2.75, 3.05) is 19.6 Å². The number of aromatic hydroxyl groups is 1. The van der Waals surface area contributed by atoms with Crippen LogP contribution < -0.4 is 10.9 Å². The fraction of sp³-hybridized carbons (Fsp3) is 0.500. The van der Waals surface area contributed by atoms with Crippen molar-refractivity contribution in [3.63, 3.8) is 0 Å². The third-order valence-electron chi connectivity index (χ3n) is 4.79. The highest BCUT2D eigenvalue weighted by Gasteiger charge is 2.20. The molecule has 1 atom stereocenters. The van der Waals surface area contributed by atoms with Gasteiger partial charge in [0.05, 0.1) is 0 Å². The largest absolute Gasteiger partial charge is 0.493 e. The Morgan fingerprint density at radius 1 is 1.40 bits per heavy atom. The first-order chi connectivity index (χ1) is 12.1. The number of nitrogens with one attached hydrogen (secondary N) is 1. The Kier molecular flexibility index (Phi) is 5.33. The number of fused-ring (bicyclic) bond motifs is 1. The first-order valence-corrected chi connectivity index (χ1v) is 8.80. The first-order valence-electron chi connectivity index (χ1n) is 8.80. The van der Waals surface area contributed by atoms with E-state index in [0.29, 0.717) is 18.2 Å². The summed E-state index contributed by atoms with van der Waals surface area (Å²) < 4.78 is 1.25. The lowest BCUT2D eigenvalue weighted by atomic mass is 10.0. The van der Waals surface area contributed by atoms with Crippen LogP contribution in [-0.2, 0) is 0 Å². The number of piperidine rings is 1. The monoisotopic (exact) mass is 344 g/mol. The third-order valence-corrected chi connectivity index (χ3v) is 4.79. The summed E-state index contributed by atoms with van der Waals surface area (Å²) in [5.41, 5.74) is -0.569. The number of hydrogen-bond donors (Lipinski definition) is 2. The van der Waals surface area contributed by atoms with E-state index in [4.69, 9.17) is 0 Å². The summed E-state index contributed by atoms with van der Waals surface area (Å²) in [6.45, 7) is 4.71. The Morgan fingerprint density at radius 2 is 2.24 bits per heavy atom. The molecule has 1 aliphatic rings. The van der Waals surface area contributed by atoms with Gasteiger partial charge in [-0.1, -0.05) is 12.5 Å². The van der Waals surface area contributed by atoms with Gasteiger partial charge >= 0.3 is 0 Å². The number of hydrogen-bond acceptors (Lipinski definition) is 5. The highest BCUT2D eigenvalue weighted by molar-refractivity contribution is 5.96. The van der Waals surface area contributed by atoms with E-state index in [-0.39, 0.29) is 5.56 Å². The van der Waals surface area contributed by atoms with E-state index in [9.17, 15) is 14.7 Å². The van der Waals surface area contributed by atoms with Crippen LogP contribution in [0.1, 0.15) is 43.0 Å². The zero-order valence-corrected chi connectivity index (χ0v) is 14.4. The predicted molar refractivity (Wildman–Crippen MR) is 95.0 cm³/mol. The van der Waals surface area contributed by atoms with Crippen molar-refractivity contribution in [2.24, 2.45) is 0 Å². The lowest BCUT2D eigenvalue weighted by Gasteiger charge is -2.33. The van der Waals surface area contributed by atoms with Crippen LogP contribution in [-0.4, -0.2) is 51.0 Å². The van der Waals surface area contributed by atoms with Gasteiger partial charge < -0.3 is 15.3 Å². The number of likely N-dealkylation sites (tertiary alicyclic amines) is 1. The highest BCUT2D eigenvalue weighted by Crippen LogP contribution is 2.16. The number of aromatic nitrogens is 2. The van der Waals surface area contributed by atoms with Crippen LogP contribution in [0.15, 0.2) is 29.2 Å². The van der Waals surface area contributed by atoms with E-state index < -0.39 is 17.3 Å². The van der Waals surface area contributed by atoms with Gasteiger partial charge in [-0.3, -0.25) is 14.0 Å². The molecule has 25 heavy (non-hydrogen) atoms. The molecule has 7 heteroatoms. The number of carbonyl (C=O) groups is 1. The Balaban J connectivity index is 1.62. The molecule has 3 heterocycles. The smallest absolute Gasteiger partial charge is 0.274 e. The average Bonchev–Trinajstić information content (AvgIpc) is 2.60. The van der Waals surface area contributed by atoms with Crippen LogP contribution in [0.4, 0.5) is 0 Å². The minimum atomic E-state index is -0.583.